The summed E-state index contributed by atoms with van der Waals surface area (Å²) in [7, 11) is 0. The first kappa shape index (κ1) is 13.2. The maximum Gasteiger partial charge on any atom is 0.313 e. The SMILES string of the molecule is O=C1CC(CCl)CN1c1ncc(Br)cc1[N+](=O)[O-]. The molecule has 6 nitrogen and oxygen atoms in total. The standard InChI is InChI=1S/C10H9BrClN3O3/c11-7-2-8(15(17)18)10(13-4-7)14-5-6(3-12)1-9(14)16/h2,4,6H,1,3,5H2. The van der Waals surface area contributed by atoms with Crippen LogP contribution in [0.1, 0.15) is 6.42 Å². The largest absolute Gasteiger partial charge is 0.313 e. The minimum atomic E-state index is -0.547. The van der Waals surface area contributed by atoms with Crippen molar-refractivity contribution in [1.82, 2.24) is 4.98 Å². The molecule has 0 radical (unpaired) electrons. The zero-order chi connectivity index (χ0) is 13.3. The number of nitro groups is 1. The summed E-state index contributed by atoms with van der Waals surface area (Å²) in [6, 6.07) is 1.34. The van der Waals surface area contributed by atoms with Crippen LogP contribution in [-0.4, -0.2) is 28.2 Å². The summed E-state index contributed by atoms with van der Waals surface area (Å²) in [6.07, 6.45) is 1.74. The number of hydrogen-bond acceptors (Lipinski definition) is 4. The molecule has 0 spiro atoms. The van der Waals surface area contributed by atoms with Gasteiger partial charge >= 0.3 is 5.69 Å². The lowest BCUT2D eigenvalue weighted by Crippen LogP contribution is -2.26. The molecule has 8 heteroatoms. The molecule has 0 aliphatic carbocycles. The quantitative estimate of drug-likeness (QED) is 0.483. The predicted molar refractivity (Wildman–Crippen MR) is 69.8 cm³/mol. The zero-order valence-corrected chi connectivity index (χ0v) is 11.5. The smallest absolute Gasteiger partial charge is 0.291 e. The molecule has 2 rings (SSSR count). The Bertz CT molecular complexity index is 511. The lowest BCUT2D eigenvalue weighted by molar-refractivity contribution is -0.384. The Balaban J connectivity index is 2.39. The molecule has 1 unspecified atom stereocenters. The summed E-state index contributed by atoms with van der Waals surface area (Å²) >= 11 is 8.84. The van der Waals surface area contributed by atoms with Gasteiger partial charge in [0.25, 0.3) is 0 Å². The maximum absolute atomic E-state index is 11.8. The van der Waals surface area contributed by atoms with Crippen LogP contribution in [0.5, 0.6) is 0 Å². The highest BCUT2D eigenvalue weighted by atomic mass is 79.9. The summed E-state index contributed by atoms with van der Waals surface area (Å²) < 4.78 is 0.499. The van der Waals surface area contributed by atoms with Crippen LogP contribution in [0.25, 0.3) is 0 Å². The Morgan fingerprint density at radius 2 is 2.39 bits per heavy atom. The number of carbonyl (C=O) groups excluding carboxylic acids is 1. The van der Waals surface area contributed by atoms with Crippen LogP contribution in [0.2, 0.25) is 0 Å². The van der Waals surface area contributed by atoms with Crippen molar-refractivity contribution in [1.29, 1.82) is 0 Å². The highest BCUT2D eigenvalue weighted by Crippen LogP contribution is 2.32. The van der Waals surface area contributed by atoms with Crippen LogP contribution < -0.4 is 4.90 Å². The van der Waals surface area contributed by atoms with E-state index in [1.807, 2.05) is 0 Å². The van der Waals surface area contributed by atoms with Crippen LogP contribution in [0.15, 0.2) is 16.7 Å². The molecule has 1 aromatic heterocycles. The third-order valence-corrected chi connectivity index (χ3v) is 3.56. The van der Waals surface area contributed by atoms with E-state index in [9.17, 15) is 14.9 Å². The number of halogens is 2. The van der Waals surface area contributed by atoms with Crippen molar-refractivity contribution in [2.45, 2.75) is 6.42 Å². The molecule has 18 heavy (non-hydrogen) atoms. The molecule has 1 amide bonds. The van der Waals surface area contributed by atoms with Crippen LogP contribution in [0.4, 0.5) is 11.5 Å². The van der Waals surface area contributed by atoms with Gasteiger partial charge in [-0.3, -0.25) is 19.8 Å². The van der Waals surface area contributed by atoms with E-state index in [2.05, 4.69) is 20.9 Å². The molecule has 0 saturated carbocycles. The predicted octanol–water partition coefficient (Wildman–Crippen LogP) is 2.34. The molecule has 1 atom stereocenters. The topological polar surface area (TPSA) is 76.3 Å². The molecule has 1 aliphatic heterocycles. The van der Waals surface area contributed by atoms with Crippen molar-refractivity contribution in [3.63, 3.8) is 0 Å². The summed E-state index contributed by atoms with van der Waals surface area (Å²) in [5.41, 5.74) is -0.187. The Morgan fingerprint density at radius 1 is 1.67 bits per heavy atom. The van der Waals surface area contributed by atoms with Gasteiger partial charge in [0.05, 0.1) is 4.92 Å². The Hall–Kier alpha value is -1.21. The van der Waals surface area contributed by atoms with Gasteiger partial charge in [0.1, 0.15) is 0 Å². The van der Waals surface area contributed by atoms with Crippen LogP contribution in [0, 0.1) is 16.0 Å². The third-order valence-electron chi connectivity index (χ3n) is 2.69. The number of carbonyl (C=O) groups is 1. The lowest BCUT2D eigenvalue weighted by atomic mass is 10.1. The second-order valence-electron chi connectivity index (χ2n) is 3.98. The molecule has 0 bridgehead atoms. The molecule has 1 saturated heterocycles. The molecular formula is C10H9BrClN3O3. The average molecular weight is 335 g/mol. The fourth-order valence-electron chi connectivity index (χ4n) is 1.85. The number of pyridine rings is 1. The first-order chi connectivity index (χ1) is 8.52. The van der Waals surface area contributed by atoms with Gasteiger partial charge < -0.3 is 0 Å². The molecule has 0 aromatic carbocycles. The van der Waals surface area contributed by atoms with E-state index in [0.29, 0.717) is 23.3 Å². The van der Waals surface area contributed by atoms with Gasteiger partial charge in [-0.05, 0) is 21.8 Å². The summed E-state index contributed by atoms with van der Waals surface area (Å²) in [5, 5.41) is 11.0. The van der Waals surface area contributed by atoms with Crippen molar-refractivity contribution >= 4 is 44.9 Å². The Labute approximate surface area is 116 Å². The highest BCUT2D eigenvalue weighted by Gasteiger charge is 2.34. The van der Waals surface area contributed by atoms with E-state index in [0.717, 1.165) is 0 Å². The molecule has 2 heterocycles. The zero-order valence-electron chi connectivity index (χ0n) is 9.18. The first-order valence-corrected chi connectivity index (χ1v) is 6.52. The van der Waals surface area contributed by atoms with Gasteiger partial charge in [-0.1, -0.05) is 0 Å². The van der Waals surface area contributed by atoms with E-state index >= 15 is 0 Å². The number of anilines is 1. The van der Waals surface area contributed by atoms with Gasteiger partial charge in [0, 0.05) is 35.6 Å². The van der Waals surface area contributed by atoms with Crippen molar-refractivity contribution < 1.29 is 9.72 Å². The van der Waals surface area contributed by atoms with E-state index in [4.69, 9.17) is 11.6 Å². The fourth-order valence-corrected chi connectivity index (χ4v) is 2.38. The monoisotopic (exact) mass is 333 g/mol. The Kier molecular flexibility index (Phi) is 3.82. The van der Waals surface area contributed by atoms with Crippen LogP contribution in [0.3, 0.4) is 0 Å². The van der Waals surface area contributed by atoms with Gasteiger partial charge in [-0.25, -0.2) is 4.98 Å². The van der Waals surface area contributed by atoms with E-state index < -0.39 is 4.92 Å². The lowest BCUT2D eigenvalue weighted by Gasteiger charge is -2.15. The Morgan fingerprint density at radius 3 is 2.94 bits per heavy atom. The van der Waals surface area contributed by atoms with Crippen LogP contribution in [-0.2, 0) is 4.79 Å². The maximum atomic E-state index is 11.8. The molecule has 96 valence electrons. The minimum Gasteiger partial charge on any atom is -0.291 e. The molecule has 1 aliphatic rings. The number of aromatic nitrogens is 1. The number of nitrogens with zero attached hydrogens (tertiary/aromatic N) is 3. The minimum absolute atomic E-state index is 0.0178. The second kappa shape index (κ2) is 5.19. The fraction of sp³-hybridized carbons (Fsp3) is 0.400. The van der Waals surface area contributed by atoms with Gasteiger partial charge in [-0.2, -0.15) is 0 Å². The van der Waals surface area contributed by atoms with Crippen molar-refractivity contribution in [2.75, 3.05) is 17.3 Å². The van der Waals surface area contributed by atoms with E-state index in [1.165, 1.54) is 17.2 Å². The molecular weight excluding hydrogens is 325 g/mol. The van der Waals surface area contributed by atoms with Crippen molar-refractivity contribution in [2.24, 2.45) is 5.92 Å². The molecule has 1 fully saturated rings. The normalized spacial score (nSPS) is 19.3. The van der Waals surface area contributed by atoms with Crippen molar-refractivity contribution in [3.8, 4) is 0 Å². The summed E-state index contributed by atoms with van der Waals surface area (Å²) in [5.74, 6) is 0.274. The first-order valence-electron chi connectivity index (χ1n) is 5.19. The van der Waals surface area contributed by atoms with Crippen LogP contribution >= 0.6 is 27.5 Å². The number of amides is 1. The highest BCUT2D eigenvalue weighted by molar-refractivity contribution is 9.10. The van der Waals surface area contributed by atoms with Crippen molar-refractivity contribution in [3.05, 3.63) is 26.9 Å². The third kappa shape index (κ3) is 2.46. The number of rotatable bonds is 3. The summed E-state index contributed by atoms with van der Waals surface area (Å²) in [4.78, 5) is 27.5. The number of alkyl halides is 1. The second-order valence-corrected chi connectivity index (χ2v) is 5.21. The van der Waals surface area contributed by atoms with Gasteiger partial charge in [0.15, 0.2) is 0 Å². The molecule has 0 N–H and O–H groups in total. The van der Waals surface area contributed by atoms with E-state index in [1.54, 1.807) is 0 Å². The average Bonchev–Trinajstić information content (AvgIpc) is 2.70. The van der Waals surface area contributed by atoms with Gasteiger partial charge in [-0.15, -0.1) is 11.6 Å². The summed E-state index contributed by atoms with van der Waals surface area (Å²) in [6.45, 7) is 0.373. The van der Waals surface area contributed by atoms with E-state index in [-0.39, 0.29) is 23.3 Å². The molecule has 1 aromatic rings. The number of hydrogen-bond donors (Lipinski definition) is 0. The van der Waals surface area contributed by atoms with Gasteiger partial charge in [0.2, 0.25) is 11.7 Å².